The van der Waals surface area contributed by atoms with Gasteiger partial charge in [0.1, 0.15) is 6.04 Å². The molecule has 2 amide bonds. The Morgan fingerprint density at radius 2 is 1.80 bits per heavy atom. The average molecular weight is 512 g/mol. The molecule has 162 valence electrons. The van der Waals surface area contributed by atoms with Crippen molar-refractivity contribution < 1.29 is 9.59 Å². The SMILES string of the molecule is C[C@@H](C(=O)NC(C)(C)C)N(Cc1cccc(Br)c1)C(=O)CSCc1ccc(Cl)cc1. The smallest absolute Gasteiger partial charge is 0.242 e. The van der Waals surface area contributed by atoms with E-state index in [1.54, 1.807) is 11.8 Å². The second-order valence-corrected chi connectivity index (χ2v) is 10.5. The van der Waals surface area contributed by atoms with Crippen LogP contribution in [0.2, 0.25) is 5.02 Å². The van der Waals surface area contributed by atoms with Crippen LogP contribution in [0.3, 0.4) is 0 Å². The number of nitrogens with one attached hydrogen (secondary N) is 1. The topological polar surface area (TPSA) is 49.4 Å². The van der Waals surface area contributed by atoms with Gasteiger partial charge in [0.25, 0.3) is 0 Å². The van der Waals surface area contributed by atoms with Gasteiger partial charge in [-0.15, -0.1) is 11.8 Å². The van der Waals surface area contributed by atoms with Crippen molar-refractivity contribution in [1.82, 2.24) is 10.2 Å². The molecule has 0 aliphatic carbocycles. The van der Waals surface area contributed by atoms with Gasteiger partial charge < -0.3 is 10.2 Å². The molecule has 2 rings (SSSR count). The molecule has 0 heterocycles. The summed E-state index contributed by atoms with van der Waals surface area (Å²) in [5.41, 5.74) is 1.71. The summed E-state index contributed by atoms with van der Waals surface area (Å²) in [7, 11) is 0. The second-order valence-electron chi connectivity index (χ2n) is 8.19. The predicted octanol–water partition coefficient (Wildman–Crippen LogP) is 5.67. The number of hydrogen-bond acceptors (Lipinski definition) is 3. The van der Waals surface area contributed by atoms with Crippen LogP contribution in [-0.2, 0) is 21.9 Å². The summed E-state index contributed by atoms with van der Waals surface area (Å²) >= 11 is 10.9. The molecule has 0 bridgehead atoms. The van der Waals surface area contributed by atoms with E-state index in [-0.39, 0.29) is 17.4 Å². The summed E-state index contributed by atoms with van der Waals surface area (Å²) in [4.78, 5) is 27.5. The van der Waals surface area contributed by atoms with Crippen LogP contribution in [0.1, 0.15) is 38.8 Å². The lowest BCUT2D eigenvalue weighted by molar-refractivity contribution is -0.139. The molecule has 0 fully saturated rings. The molecule has 2 aromatic rings. The molecule has 0 radical (unpaired) electrons. The number of carbonyl (C=O) groups excluding carboxylic acids is 2. The van der Waals surface area contributed by atoms with E-state index in [1.807, 2.05) is 69.3 Å². The second kappa shape index (κ2) is 11.2. The third-order valence-corrected chi connectivity index (χ3v) is 6.05. The van der Waals surface area contributed by atoms with E-state index in [4.69, 9.17) is 11.6 Å². The van der Waals surface area contributed by atoms with Crippen LogP contribution in [0, 0.1) is 0 Å². The van der Waals surface area contributed by atoms with Crippen molar-refractivity contribution in [2.24, 2.45) is 0 Å². The Kier molecular flexibility index (Phi) is 9.26. The Labute approximate surface area is 196 Å². The van der Waals surface area contributed by atoms with Crippen LogP contribution < -0.4 is 5.32 Å². The number of hydrogen-bond donors (Lipinski definition) is 1. The minimum Gasteiger partial charge on any atom is -0.350 e. The molecule has 0 unspecified atom stereocenters. The molecule has 1 atom stereocenters. The third-order valence-electron chi connectivity index (χ3n) is 4.31. The summed E-state index contributed by atoms with van der Waals surface area (Å²) in [5, 5.41) is 3.67. The zero-order valence-electron chi connectivity index (χ0n) is 17.7. The maximum absolute atomic E-state index is 13.1. The first-order valence-electron chi connectivity index (χ1n) is 9.73. The van der Waals surface area contributed by atoms with Gasteiger partial charge in [-0.05, 0) is 63.1 Å². The Bertz CT molecular complexity index is 868. The van der Waals surface area contributed by atoms with Crippen LogP contribution in [0.25, 0.3) is 0 Å². The fraction of sp³-hybridized carbons (Fsp3) is 0.391. The molecule has 0 aliphatic rings. The zero-order chi connectivity index (χ0) is 22.3. The van der Waals surface area contributed by atoms with E-state index in [1.165, 1.54) is 11.8 Å². The lowest BCUT2D eigenvalue weighted by Crippen LogP contribution is -2.52. The molecule has 0 saturated heterocycles. The van der Waals surface area contributed by atoms with Crippen LogP contribution in [0.5, 0.6) is 0 Å². The van der Waals surface area contributed by atoms with Gasteiger partial charge in [0, 0.05) is 27.3 Å². The van der Waals surface area contributed by atoms with Gasteiger partial charge in [0.05, 0.1) is 5.75 Å². The van der Waals surface area contributed by atoms with Crippen LogP contribution >= 0.6 is 39.3 Å². The molecule has 0 aliphatic heterocycles. The molecule has 30 heavy (non-hydrogen) atoms. The van der Waals surface area contributed by atoms with Crippen LogP contribution in [0.15, 0.2) is 53.0 Å². The van der Waals surface area contributed by atoms with Crippen molar-refractivity contribution in [1.29, 1.82) is 0 Å². The average Bonchev–Trinajstić information content (AvgIpc) is 2.65. The highest BCUT2D eigenvalue weighted by Gasteiger charge is 2.28. The summed E-state index contributed by atoms with van der Waals surface area (Å²) in [6.07, 6.45) is 0. The Morgan fingerprint density at radius 1 is 1.13 bits per heavy atom. The van der Waals surface area contributed by atoms with E-state index in [2.05, 4.69) is 21.2 Å². The zero-order valence-corrected chi connectivity index (χ0v) is 20.9. The fourth-order valence-corrected chi connectivity index (χ4v) is 4.25. The molecule has 2 aromatic carbocycles. The van der Waals surface area contributed by atoms with E-state index in [0.717, 1.165) is 15.6 Å². The summed E-state index contributed by atoms with van der Waals surface area (Å²) in [6, 6.07) is 14.8. The normalized spacial score (nSPS) is 12.3. The monoisotopic (exact) mass is 510 g/mol. The molecular weight excluding hydrogens is 484 g/mol. The highest BCUT2D eigenvalue weighted by molar-refractivity contribution is 9.10. The van der Waals surface area contributed by atoms with E-state index >= 15 is 0 Å². The standard InChI is InChI=1S/C23H28BrClN2O2S/c1-16(22(29)26-23(2,3)4)27(13-18-6-5-7-19(24)12-18)21(28)15-30-14-17-8-10-20(25)11-9-17/h5-12,16H,13-15H2,1-4H3,(H,26,29)/t16-/m0/s1. The number of rotatable bonds is 8. The highest BCUT2D eigenvalue weighted by Crippen LogP contribution is 2.19. The lowest BCUT2D eigenvalue weighted by Gasteiger charge is -2.31. The first-order valence-corrected chi connectivity index (χ1v) is 12.1. The molecule has 1 N–H and O–H groups in total. The minimum atomic E-state index is -0.577. The molecule has 0 saturated carbocycles. The predicted molar refractivity (Wildman–Crippen MR) is 130 cm³/mol. The number of thioether (sulfide) groups is 1. The highest BCUT2D eigenvalue weighted by atomic mass is 79.9. The molecule has 0 spiro atoms. The van der Waals surface area contributed by atoms with Gasteiger partial charge in [0.2, 0.25) is 11.8 Å². The van der Waals surface area contributed by atoms with Crippen molar-refractivity contribution in [2.45, 2.75) is 51.6 Å². The van der Waals surface area contributed by atoms with Gasteiger partial charge in [-0.2, -0.15) is 0 Å². The van der Waals surface area contributed by atoms with E-state index in [9.17, 15) is 9.59 Å². The van der Waals surface area contributed by atoms with Crippen molar-refractivity contribution in [3.05, 3.63) is 69.2 Å². The number of benzene rings is 2. The van der Waals surface area contributed by atoms with Gasteiger partial charge in [-0.1, -0.05) is 51.8 Å². The van der Waals surface area contributed by atoms with Crippen molar-refractivity contribution in [2.75, 3.05) is 5.75 Å². The first-order chi connectivity index (χ1) is 14.0. The lowest BCUT2D eigenvalue weighted by atomic mass is 10.1. The summed E-state index contributed by atoms with van der Waals surface area (Å²) in [6.45, 7) is 7.94. The number of carbonyl (C=O) groups is 2. The van der Waals surface area contributed by atoms with E-state index < -0.39 is 6.04 Å². The third kappa shape index (κ3) is 8.32. The largest absolute Gasteiger partial charge is 0.350 e. The molecule has 0 aromatic heterocycles. The summed E-state index contributed by atoms with van der Waals surface area (Å²) in [5.74, 6) is 0.777. The van der Waals surface area contributed by atoms with Crippen LogP contribution in [-0.4, -0.2) is 34.0 Å². The van der Waals surface area contributed by atoms with Gasteiger partial charge in [-0.3, -0.25) is 9.59 Å². The van der Waals surface area contributed by atoms with Crippen molar-refractivity contribution in [3.63, 3.8) is 0 Å². The number of halogens is 2. The fourth-order valence-electron chi connectivity index (χ4n) is 2.81. The van der Waals surface area contributed by atoms with Gasteiger partial charge in [-0.25, -0.2) is 0 Å². The van der Waals surface area contributed by atoms with Crippen molar-refractivity contribution in [3.8, 4) is 0 Å². The number of nitrogens with zero attached hydrogens (tertiary/aromatic N) is 1. The molecule has 4 nitrogen and oxygen atoms in total. The van der Waals surface area contributed by atoms with E-state index in [0.29, 0.717) is 23.1 Å². The Hall–Kier alpha value is -1.50. The maximum atomic E-state index is 13.1. The Morgan fingerprint density at radius 3 is 2.40 bits per heavy atom. The van der Waals surface area contributed by atoms with Crippen LogP contribution in [0.4, 0.5) is 0 Å². The quantitative estimate of drug-likeness (QED) is 0.497. The number of amides is 2. The first kappa shape index (κ1) is 24.8. The summed E-state index contributed by atoms with van der Waals surface area (Å²) < 4.78 is 0.941. The molecule has 7 heteroatoms. The van der Waals surface area contributed by atoms with Gasteiger partial charge in [0.15, 0.2) is 0 Å². The Balaban J connectivity index is 2.09. The molecular formula is C23H28BrClN2O2S. The maximum Gasteiger partial charge on any atom is 0.242 e. The minimum absolute atomic E-state index is 0.0644. The van der Waals surface area contributed by atoms with Crippen molar-refractivity contribution >= 4 is 51.1 Å². The van der Waals surface area contributed by atoms with Gasteiger partial charge >= 0.3 is 0 Å².